The molecular formula is C48H60ClN15O13. The van der Waals surface area contributed by atoms with Gasteiger partial charge < -0.3 is 83.5 Å². The van der Waals surface area contributed by atoms with Crippen molar-refractivity contribution >= 4 is 101 Å². The highest BCUT2D eigenvalue weighted by atomic mass is 35.5. The van der Waals surface area contributed by atoms with Gasteiger partial charge in [-0.2, -0.15) is 0 Å². The quantitative estimate of drug-likeness (QED) is 0.0613. The summed E-state index contributed by atoms with van der Waals surface area (Å²) in [6.07, 6.45) is 0.705. The SMILES string of the molecule is Cl.N[C@@H]1COC(=O)C1.O=C(CNC(=O)c1cccc(NC2=NCCN2)c1)N[C@@H]1COC(=O)C1.O=C(CNC(=O)c1cccc(NC2=NCCN2)c1)N[C@@H]1COC(=O)C1.O=C(O)CNC(=O)c1cccc(NC2=NCCN2)c1. The van der Waals surface area contributed by atoms with Crippen molar-refractivity contribution in [1.82, 2.24) is 42.5 Å². The Morgan fingerprint density at radius 3 is 1.16 bits per heavy atom. The number of carboxylic acid groups (broad SMARTS) is 1. The van der Waals surface area contributed by atoms with Gasteiger partial charge in [0.2, 0.25) is 11.8 Å². The van der Waals surface area contributed by atoms with Crippen molar-refractivity contribution in [2.75, 3.05) is 94.7 Å². The number of hydrogen-bond acceptors (Lipinski definition) is 22. The number of anilines is 3. The summed E-state index contributed by atoms with van der Waals surface area (Å²) in [7, 11) is 0. The number of carbonyl (C=O) groups is 9. The molecule has 412 valence electrons. The molecule has 0 unspecified atom stereocenters. The lowest BCUT2D eigenvalue weighted by Gasteiger charge is -2.11. The number of cyclic esters (lactones) is 3. The Hall–Kier alpha value is -9.05. The van der Waals surface area contributed by atoms with Gasteiger partial charge in [0.25, 0.3) is 17.7 Å². The first-order chi connectivity index (χ1) is 36.6. The van der Waals surface area contributed by atoms with Crippen molar-refractivity contribution < 1.29 is 62.5 Å². The van der Waals surface area contributed by atoms with Gasteiger partial charge in [-0.05, 0) is 54.6 Å². The second-order valence-corrected chi connectivity index (χ2v) is 17.0. The summed E-state index contributed by atoms with van der Waals surface area (Å²) in [6.45, 7) is 4.53. The first-order valence-corrected chi connectivity index (χ1v) is 24.0. The van der Waals surface area contributed by atoms with Crippen molar-refractivity contribution in [3.63, 3.8) is 0 Å². The molecule has 3 saturated heterocycles. The van der Waals surface area contributed by atoms with Gasteiger partial charge in [-0.25, -0.2) is 0 Å². The predicted octanol–water partition coefficient (Wildman–Crippen LogP) is -2.01. The van der Waals surface area contributed by atoms with Crippen LogP contribution in [0.15, 0.2) is 87.8 Å². The van der Waals surface area contributed by atoms with Crippen LogP contribution >= 0.6 is 12.4 Å². The van der Waals surface area contributed by atoms with E-state index in [9.17, 15) is 43.2 Å². The number of guanidine groups is 3. The van der Waals surface area contributed by atoms with E-state index in [1.165, 1.54) is 0 Å². The number of nitrogens with zero attached hydrogens (tertiary/aromatic N) is 3. The Balaban J connectivity index is 0.000000200. The number of hydrogen-bond donors (Lipinski definition) is 13. The molecule has 0 bridgehead atoms. The highest BCUT2D eigenvalue weighted by Gasteiger charge is 2.26. The van der Waals surface area contributed by atoms with E-state index < -0.39 is 18.4 Å². The van der Waals surface area contributed by atoms with Crippen LogP contribution in [0.2, 0.25) is 0 Å². The summed E-state index contributed by atoms with van der Waals surface area (Å²) in [5, 5.41) is 39.6. The average Bonchev–Trinajstić information content (AvgIpc) is 4.30. The molecule has 3 fully saturated rings. The van der Waals surface area contributed by atoms with Gasteiger partial charge in [-0.3, -0.25) is 58.1 Å². The maximum Gasteiger partial charge on any atom is 0.322 e. The van der Waals surface area contributed by atoms with E-state index in [0.29, 0.717) is 47.6 Å². The van der Waals surface area contributed by atoms with Gasteiger partial charge >= 0.3 is 23.9 Å². The molecule has 6 aliphatic rings. The van der Waals surface area contributed by atoms with E-state index in [-0.39, 0.29) is 111 Å². The summed E-state index contributed by atoms with van der Waals surface area (Å²) in [4.78, 5) is 115. The van der Waals surface area contributed by atoms with E-state index in [4.69, 9.17) is 20.3 Å². The third-order valence-electron chi connectivity index (χ3n) is 10.7. The Bertz CT molecular complexity index is 2600. The number of nitrogens with one attached hydrogen (secondary N) is 11. The van der Waals surface area contributed by atoms with E-state index in [0.717, 1.165) is 56.3 Å². The number of carbonyl (C=O) groups excluding carboxylic acids is 8. The molecule has 5 amide bonds. The first-order valence-electron chi connectivity index (χ1n) is 24.0. The maximum atomic E-state index is 12.2. The molecule has 0 aliphatic carbocycles. The number of ether oxygens (including phenoxy) is 3. The van der Waals surface area contributed by atoms with Crippen molar-refractivity contribution in [2.45, 2.75) is 37.4 Å². The zero-order chi connectivity index (χ0) is 54.2. The maximum absolute atomic E-state index is 12.2. The molecule has 6 aliphatic heterocycles. The lowest BCUT2D eigenvalue weighted by molar-refractivity contribution is -0.138. The number of aliphatic imine (C=N–C) groups is 3. The van der Waals surface area contributed by atoms with Crippen molar-refractivity contribution in [1.29, 1.82) is 0 Å². The van der Waals surface area contributed by atoms with Crippen LogP contribution in [-0.2, 0) is 43.0 Å². The minimum Gasteiger partial charge on any atom is -0.480 e. The fourth-order valence-electron chi connectivity index (χ4n) is 7.15. The molecule has 3 aromatic rings. The summed E-state index contributed by atoms with van der Waals surface area (Å²) < 4.78 is 14.0. The molecule has 0 aromatic heterocycles. The normalized spacial score (nSPS) is 18.3. The third kappa shape index (κ3) is 21.0. The molecule has 77 heavy (non-hydrogen) atoms. The Labute approximate surface area is 446 Å². The lowest BCUT2D eigenvalue weighted by atomic mass is 10.2. The third-order valence-corrected chi connectivity index (χ3v) is 10.7. The van der Waals surface area contributed by atoms with Crippen LogP contribution in [-0.4, -0.2) is 173 Å². The molecule has 28 nitrogen and oxygen atoms in total. The standard InChI is InChI=1S/2C16H19N5O4.C12H14N4O3.C4H7NO2.ClH/c2*22-13(20-12-7-14(23)25-9-12)8-19-15(24)10-2-1-3-11(6-10)21-16-17-4-5-18-16;17-10(18)7-15-11(19)8-2-1-3-9(6-8)16-12-13-4-5-14-12;5-3-1-4(6)7-2-3;/h2*1-3,6,12H,4-5,7-9H2,(H,19,24)(H,20,22)(H2,17,18,21);1-3,6H,4-5,7H2,(H,15,19)(H,17,18)(H2,13,14,16);3H,1-2,5H2;1H/t2*12-;;3-;/m00.0./s1. The van der Waals surface area contributed by atoms with Gasteiger partial charge in [0.05, 0.1) is 64.1 Å². The number of nitrogens with two attached hydrogens (primary N) is 1. The predicted molar refractivity (Wildman–Crippen MR) is 282 cm³/mol. The van der Waals surface area contributed by atoms with Crippen molar-refractivity contribution in [3.05, 3.63) is 89.5 Å². The fraction of sp³-hybridized carbons (Fsp3) is 0.375. The monoisotopic (exact) mass is 1090 g/mol. The molecular weight excluding hydrogens is 1030 g/mol. The molecule has 0 spiro atoms. The Morgan fingerprint density at radius 1 is 0.532 bits per heavy atom. The van der Waals surface area contributed by atoms with E-state index in [2.05, 4.69) is 78.2 Å². The van der Waals surface area contributed by atoms with E-state index in [1.807, 2.05) is 12.1 Å². The Morgan fingerprint density at radius 2 is 0.883 bits per heavy atom. The largest absolute Gasteiger partial charge is 0.480 e. The molecule has 6 heterocycles. The number of halogens is 1. The van der Waals surface area contributed by atoms with E-state index >= 15 is 0 Å². The lowest BCUT2D eigenvalue weighted by Crippen LogP contribution is -2.42. The van der Waals surface area contributed by atoms with Crippen LogP contribution < -0.4 is 64.2 Å². The molecule has 29 heteroatoms. The van der Waals surface area contributed by atoms with Crippen LogP contribution in [0.25, 0.3) is 0 Å². The fourth-order valence-corrected chi connectivity index (χ4v) is 7.15. The topological polar surface area (TPSA) is 397 Å². The zero-order valence-corrected chi connectivity index (χ0v) is 42.3. The number of benzene rings is 3. The minimum absolute atomic E-state index is 0. The summed E-state index contributed by atoms with van der Waals surface area (Å²) in [6, 6.07) is 19.9. The highest BCUT2D eigenvalue weighted by Crippen LogP contribution is 2.14. The summed E-state index contributed by atoms with van der Waals surface area (Å²) in [5.74, 6) is -1.78. The van der Waals surface area contributed by atoms with Gasteiger partial charge in [-0.1, -0.05) is 18.2 Å². The van der Waals surface area contributed by atoms with Crippen LogP contribution in [0.5, 0.6) is 0 Å². The molecule has 0 saturated carbocycles. The van der Waals surface area contributed by atoms with Gasteiger partial charge in [-0.15, -0.1) is 12.4 Å². The van der Waals surface area contributed by atoms with Crippen LogP contribution in [0.4, 0.5) is 17.1 Å². The first kappa shape index (κ1) is 58.8. The number of rotatable bonds is 14. The molecule has 3 atom stereocenters. The summed E-state index contributed by atoms with van der Waals surface area (Å²) >= 11 is 0. The number of aliphatic carboxylic acids is 1. The number of carboxylic acids is 1. The van der Waals surface area contributed by atoms with Gasteiger partial charge in [0.1, 0.15) is 26.4 Å². The Kier molecular flexibility index (Phi) is 23.2. The van der Waals surface area contributed by atoms with E-state index in [1.54, 1.807) is 60.7 Å². The van der Waals surface area contributed by atoms with Crippen molar-refractivity contribution in [2.24, 2.45) is 20.7 Å². The average molecular weight is 1090 g/mol. The second kappa shape index (κ2) is 30.4. The zero-order valence-electron chi connectivity index (χ0n) is 41.4. The van der Waals surface area contributed by atoms with Crippen LogP contribution in [0.1, 0.15) is 50.3 Å². The minimum atomic E-state index is -1.08. The van der Waals surface area contributed by atoms with Gasteiger partial charge in [0.15, 0.2) is 17.9 Å². The van der Waals surface area contributed by atoms with Crippen LogP contribution in [0.3, 0.4) is 0 Å². The number of esters is 3. The molecule has 14 N–H and O–H groups in total. The summed E-state index contributed by atoms with van der Waals surface area (Å²) in [5.41, 5.74) is 8.70. The highest BCUT2D eigenvalue weighted by molar-refractivity contribution is 6.02. The molecule has 3 aromatic carbocycles. The molecule has 0 radical (unpaired) electrons. The smallest absolute Gasteiger partial charge is 0.322 e. The molecule has 9 rings (SSSR count). The van der Waals surface area contributed by atoms with Gasteiger partial charge in [0, 0.05) is 59.4 Å². The number of amides is 5. The van der Waals surface area contributed by atoms with Crippen molar-refractivity contribution in [3.8, 4) is 0 Å². The second-order valence-electron chi connectivity index (χ2n) is 17.0. The van der Waals surface area contributed by atoms with Crippen LogP contribution in [0, 0.1) is 0 Å².